The van der Waals surface area contributed by atoms with Crippen molar-refractivity contribution in [1.29, 1.82) is 0 Å². The van der Waals surface area contributed by atoms with Crippen LogP contribution in [0.3, 0.4) is 0 Å². The van der Waals surface area contributed by atoms with Crippen molar-refractivity contribution in [2.24, 2.45) is 10.9 Å². The summed E-state index contributed by atoms with van der Waals surface area (Å²) in [6.07, 6.45) is -3.32. The maximum atomic E-state index is 12.8. The van der Waals surface area contributed by atoms with E-state index in [1.807, 2.05) is 0 Å². The average molecular weight is 316 g/mol. The van der Waals surface area contributed by atoms with Gasteiger partial charge >= 0.3 is 6.18 Å². The summed E-state index contributed by atoms with van der Waals surface area (Å²) in [5.74, 6) is 1.37. The van der Waals surface area contributed by atoms with Gasteiger partial charge in [-0.15, -0.1) is 0 Å². The van der Waals surface area contributed by atoms with Crippen LogP contribution in [0, 0.1) is 12.8 Å². The molecule has 2 nitrogen and oxygen atoms in total. The summed E-state index contributed by atoms with van der Waals surface area (Å²) >= 11 is 1.56. The van der Waals surface area contributed by atoms with E-state index in [1.54, 1.807) is 18.7 Å². The standard InChI is InChI=1S/C15H19F3N2S/c1-9(2)12-6-7-21-14(19-12)20-13-8-11(15(16,17)18)5-4-10(13)3/h4-5,8-9,12H,6-7H2,1-3H3,(H,19,20). The molecule has 21 heavy (non-hydrogen) atoms. The van der Waals surface area contributed by atoms with E-state index in [0.29, 0.717) is 16.8 Å². The van der Waals surface area contributed by atoms with E-state index in [-0.39, 0.29) is 6.04 Å². The van der Waals surface area contributed by atoms with Crippen LogP contribution in [0.4, 0.5) is 18.9 Å². The first kappa shape index (κ1) is 16.2. The molecule has 1 atom stereocenters. The number of halogens is 3. The normalized spacial score (nSPS) is 19.6. The second-order valence-corrected chi connectivity index (χ2v) is 6.62. The second kappa shape index (κ2) is 6.30. The van der Waals surface area contributed by atoms with E-state index in [4.69, 9.17) is 0 Å². The molecule has 1 aromatic rings. The average Bonchev–Trinajstić information content (AvgIpc) is 2.40. The number of anilines is 1. The topological polar surface area (TPSA) is 24.4 Å². The summed E-state index contributed by atoms with van der Waals surface area (Å²) in [6.45, 7) is 6.01. The molecule has 0 spiro atoms. The van der Waals surface area contributed by atoms with Crippen LogP contribution in [0.15, 0.2) is 23.2 Å². The van der Waals surface area contributed by atoms with E-state index in [0.717, 1.165) is 29.9 Å². The maximum absolute atomic E-state index is 12.8. The second-order valence-electron chi connectivity index (χ2n) is 5.54. The van der Waals surface area contributed by atoms with Crippen LogP contribution in [0.5, 0.6) is 0 Å². The van der Waals surface area contributed by atoms with Gasteiger partial charge in [0.2, 0.25) is 0 Å². The molecule has 0 aromatic heterocycles. The monoisotopic (exact) mass is 316 g/mol. The van der Waals surface area contributed by atoms with Gasteiger partial charge in [0, 0.05) is 11.4 Å². The third-order valence-corrected chi connectivity index (χ3v) is 4.43. The zero-order valence-corrected chi connectivity index (χ0v) is 13.1. The Balaban J connectivity index is 2.23. The lowest BCUT2D eigenvalue weighted by molar-refractivity contribution is -0.137. The Morgan fingerprint density at radius 3 is 2.67 bits per heavy atom. The lowest BCUT2D eigenvalue weighted by Crippen LogP contribution is -2.24. The summed E-state index contributed by atoms with van der Waals surface area (Å²) in [5, 5.41) is 3.77. The highest BCUT2D eigenvalue weighted by molar-refractivity contribution is 8.14. The quantitative estimate of drug-likeness (QED) is 0.835. The van der Waals surface area contributed by atoms with E-state index in [2.05, 4.69) is 24.2 Å². The third-order valence-electron chi connectivity index (χ3n) is 3.51. The van der Waals surface area contributed by atoms with Gasteiger partial charge in [-0.2, -0.15) is 13.2 Å². The van der Waals surface area contributed by atoms with E-state index >= 15 is 0 Å². The van der Waals surface area contributed by atoms with Gasteiger partial charge in [0.25, 0.3) is 0 Å². The number of rotatable bonds is 2. The van der Waals surface area contributed by atoms with Gasteiger partial charge in [-0.1, -0.05) is 31.7 Å². The molecule has 1 heterocycles. The van der Waals surface area contributed by atoms with Crippen molar-refractivity contribution in [2.45, 2.75) is 39.4 Å². The summed E-state index contributed by atoms with van der Waals surface area (Å²) in [7, 11) is 0. The first-order chi connectivity index (χ1) is 9.77. The van der Waals surface area contributed by atoms with Crippen LogP contribution >= 0.6 is 11.8 Å². The molecule has 0 radical (unpaired) electrons. The molecule has 0 saturated carbocycles. The van der Waals surface area contributed by atoms with E-state index in [9.17, 15) is 13.2 Å². The molecule has 0 saturated heterocycles. The predicted octanol–water partition coefficient (Wildman–Crippen LogP) is 4.94. The van der Waals surface area contributed by atoms with Crippen molar-refractivity contribution in [2.75, 3.05) is 11.1 Å². The fourth-order valence-electron chi connectivity index (χ4n) is 2.13. The molecule has 1 aliphatic heterocycles. The van der Waals surface area contributed by atoms with Crippen LogP contribution in [0.1, 0.15) is 31.4 Å². The molecular formula is C15H19F3N2S. The molecule has 0 bridgehead atoms. The highest BCUT2D eigenvalue weighted by atomic mass is 32.2. The highest BCUT2D eigenvalue weighted by Gasteiger charge is 2.31. The van der Waals surface area contributed by atoms with Gasteiger partial charge in [0.15, 0.2) is 5.17 Å². The number of aliphatic imine (C=N–C) groups is 1. The Hall–Kier alpha value is -1.17. The fraction of sp³-hybridized carbons (Fsp3) is 0.533. The lowest BCUT2D eigenvalue weighted by Gasteiger charge is -2.24. The van der Waals surface area contributed by atoms with Crippen molar-refractivity contribution < 1.29 is 13.2 Å². The Kier molecular flexibility index (Phi) is 4.86. The Morgan fingerprint density at radius 1 is 1.33 bits per heavy atom. The van der Waals surface area contributed by atoms with Crippen molar-refractivity contribution in [3.05, 3.63) is 29.3 Å². The number of alkyl halides is 3. The largest absolute Gasteiger partial charge is 0.416 e. The van der Waals surface area contributed by atoms with Crippen LogP contribution in [0.25, 0.3) is 0 Å². The zero-order chi connectivity index (χ0) is 15.6. The Morgan fingerprint density at radius 2 is 2.05 bits per heavy atom. The fourth-order valence-corrected chi connectivity index (χ4v) is 3.07. The van der Waals surface area contributed by atoms with Gasteiger partial charge in [0.1, 0.15) is 0 Å². The molecule has 116 valence electrons. The van der Waals surface area contributed by atoms with Gasteiger partial charge in [0.05, 0.1) is 11.6 Å². The Labute approximate surface area is 127 Å². The lowest BCUT2D eigenvalue weighted by atomic mass is 10.0. The molecule has 1 aliphatic rings. The van der Waals surface area contributed by atoms with Crippen molar-refractivity contribution in [3.8, 4) is 0 Å². The van der Waals surface area contributed by atoms with Gasteiger partial charge < -0.3 is 5.32 Å². The van der Waals surface area contributed by atoms with Crippen molar-refractivity contribution in [3.63, 3.8) is 0 Å². The molecule has 1 aromatic carbocycles. The van der Waals surface area contributed by atoms with Gasteiger partial charge in [-0.25, -0.2) is 0 Å². The van der Waals surface area contributed by atoms with Crippen molar-refractivity contribution >= 4 is 22.6 Å². The summed E-state index contributed by atoms with van der Waals surface area (Å²) in [5.41, 5.74) is 0.607. The number of aryl methyl sites for hydroxylation is 1. The SMILES string of the molecule is Cc1ccc(C(F)(F)F)cc1NC1=NC(C(C)C)CCS1. The van der Waals surface area contributed by atoms with Crippen LogP contribution < -0.4 is 5.32 Å². The number of benzene rings is 1. The Bertz CT molecular complexity index is 538. The summed E-state index contributed by atoms with van der Waals surface area (Å²) in [4.78, 5) is 4.60. The first-order valence-electron chi connectivity index (χ1n) is 6.93. The molecule has 0 amide bonds. The number of nitrogens with zero attached hydrogens (tertiary/aromatic N) is 1. The third kappa shape index (κ3) is 4.15. The summed E-state index contributed by atoms with van der Waals surface area (Å²) < 4.78 is 38.3. The summed E-state index contributed by atoms with van der Waals surface area (Å²) in [6, 6.07) is 3.98. The number of nitrogens with one attached hydrogen (secondary N) is 1. The number of hydrogen-bond acceptors (Lipinski definition) is 3. The molecule has 0 aliphatic carbocycles. The molecule has 0 fully saturated rings. The van der Waals surface area contributed by atoms with Gasteiger partial charge in [-0.05, 0) is 37.0 Å². The number of hydrogen-bond donors (Lipinski definition) is 1. The van der Waals surface area contributed by atoms with Crippen LogP contribution in [-0.2, 0) is 6.18 Å². The maximum Gasteiger partial charge on any atom is 0.416 e. The molecule has 6 heteroatoms. The minimum absolute atomic E-state index is 0.236. The first-order valence-corrected chi connectivity index (χ1v) is 7.91. The van der Waals surface area contributed by atoms with Crippen LogP contribution in [0.2, 0.25) is 0 Å². The molecule has 1 N–H and O–H groups in total. The molecular weight excluding hydrogens is 297 g/mol. The zero-order valence-electron chi connectivity index (χ0n) is 12.3. The van der Waals surface area contributed by atoms with Gasteiger partial charge in [-0.3, -0.25) is 4.99 Å². The smallest absolute Gasteiger partial charge is 0.335 e. The minimum atomic E-state index is -4.33. The van der Waals surface area contributed by atoms with Crippen molar-refractivity contribution in [1.82, 2.24) is 0 Å². The van der Waals surface area contributed by atoms with Crippen LogP contribution in [-0.4, -0.2) is 17.0 Å². The predicted molar refractivity (Wildman–Crippen MR) is 82.9 cm³/mol. The minimum Gasteiger partial charge on any atom is -0.335 e. The molecule has 1 unspecified atom stereocenters. The number of thioether (sulfide) groups is 1. The molecule has 2 rings (SSSR count). The van der Waals surface area contributed by atoms with E-state index in [1.165, 1.54) is 6.07 Å². The number of amidine groups is 1. The van der Waals surface area contributed by atoms with E-state index < -0.39 is 11.7 Å². The highest BCUT2D eigenvalue weighted by Crippen LogP contribution is 2.33.